The molecule has 0 spiro atoms. The lowest BCUT2D eigenvalue weighted by atomic mass is 10.2. The quantitative estimate of drug-likeness (QED) is 0.641. The SMILES string of the molecule is CC(C)(C)OC(=O)CCCNCc1ncc(Br)cn1. The van der Waals surface area contributed by atoms with Crippen molar-refractivity contribution in [1.82, 2.24) is 15.3 Å². The van der Waals surface area contributed by atoms with Crippen molar-refractivity contribution in [3.8, 4) is 0 Å². The van der Waals surface area contributed by atoms with E-state index in [9.17, 15) is 4.79 Å². The third-order valence-electron chi connectivity index (χ3n) is 2.11. The molecule has 0 radical (unpaired) electrons. The number of esters is 1. The molecule has 5 nitrogen and oxygen atoms in total. The minimum atomic E-state index is -0.407. The Morgan fingerprint density at radius 3 is 2.58 bits per heavy atom. The van der Waals surface area contributed by atoms with Crippen molar-refractivity contribution in [1.29, 1.82) is 0 Å². The Morgan fingerprint density at radius 1 is 1.37 bits per heavy atom. The van der Waals surface area contributed by atoms with Gasteiger partial charge < -0.3 is 10.1 Å². The number of aromatic nitrogens is 2. The summed E-state index contributed by atoms with van der Waals surface area (Å²) in [6.45, 7) is 6.94. The monoisotopic (exact) mass is 329 g/mol. The Hall–Kier alpha value is -1.01. The lowest BCUT2D eigenvalue weighted by Gasteiger charge is -2.19. The summed E-state index contributed by atoms with van der Waals surface area (Å²) in [5.41, 5.74) is -0.407. The highest BCUT2D eigenvalue weighted by molar-refractivity contribution is 9.10. The van der Waals surface area contributed by atoms with Crippen molar-refractivity contribution >= 4 is 21.9 Å². The van der Waals surface area contributed by atoms with Crippen molar-refractivity contribution in [2.45, 2.75) is 45.8 Å². The fraction of sp³-hybridized carbons (Fsp3) is 0.615. The van der Waals surface area contributed by atoms with Gasteiger partial charge in [0.1, 0.15) is 11.4 Å². The molecule has 1 aromatic heterocycles. The highest BCUT2D eigenvalue weighted by Gasteiger charge is 2.15. The van der Waals surface area contributed by atoms with Crippen LogP contribution in [0.15, 0.2) is 16.9 Å². The van der Waals surface area contributed by atoms with E-state index in [1.807, 2.05) is 20.8 Å². The molecule has 0 atom stereocenters. The van der Waals surface area contributed by atoms with Gasteiger partial charge in [0.05, 0.1) is 11.0 Å². The van der Waals surface area contributed by atoms with Gasteiger partial charge in [0.25, 0.3) is 0 Å². The number of nitrogens with one attached hydrogen (secondary N) is 1. The van der Waals surface area contributed by atoms with E-state index >= 15 is 0 Å². The van der Waals surface area contributed by atoms with E-state index in [0.717, 1.165) is 23.3 Å². The highest BCUT2D eigenvalue weighted by atomic mass is 79.9. The lowest BCUT2D eigenvalue weighted by Crippen LogP contribution is -2.24. The number of halogens is 1. The van der Waals surface area contributed by atoms with E-state index in [2.05, 4.69) is 31.2 Å². The average Bonchev–Trinajstić information content (AvgIpc) is 2.29. The fourth-order valence-electron chi connectivity index (χ4n) is 1.38. The zero-order valence-electron chi connectivity index (χ0n) is 11.6. The maximum absolute atomic E-state index is 11.4. The zero-order valence-corrected chi connectivity index (χ0v) is 13.2. The van der Waals surface area contributed by atoms with Gasteiger partial charge in [-0.15, -0.1) is 0 Å². The van der Waals surface area contributed by atoms with E-state index in [4.69, 9.17) is 4.74 Å². The summed E-state index contributed by atoms with van der Waals surface area (Å²) >= 11 is 3.28. The van der Waals surface area contributed by atoms with Crippen LogP contribution in [0.25, 0.3) is 0 Å². The molecule has 0 saturated heterocycles. The van der Waals surface area contributed by atoms with Crippen molar-refractivity contribution in [2.75, 3.05) is 6.54 Å². The Bertz CT molecular complexity index is 401. The molecule has 0 bridgehead atoms. The van der Waals surface area contributed by atoms with E-state index < -0.39 is 5.60 Å². The Balaban J connectivity index is 2.11. The second-order valence-corrected chi connectivity index (χ2v) is 6.10. The molecule has 1 heterocycles. The third kappa shape index (κ3) is 7.89. The Labute approximate surface area is 122 Å². The smallest absolute Gasteiger partial charge is 0.306 e. The number of hydrogen-bond donors (Lipinski definition) is 1. The molecule has 0 aliphatic rings. The second-order valence-electron chi connectivity index (χ2n) is 5.18. The molecule has 1 aromatic rings. The van der Waals surface area contributed by atoms with E-state index in [1.165, 1.54) is 0 Å². The Kier molecular flexibility index (Phi) is 6.37. The molecule has 0 aromatic carbocycles. The standard InChI is InChI=1S/C13H20BrN3O2/c1-13(2,3)19-12(18)5-4-6-15-9-11-16-7-10(14)8-17-11/h7-8,15H,4-6,9H2,1-3H3. The number of hydrogen-bond acceptors (Lipinski definition) is 5. The molecule has 1 N–H and O–H groups in total. The summed E-state index contributed by atoms with van der Waals surface area (Å²) in [6.07, 6.45) is 4.59. The van der Waals surface area contributed by atoms with Crippen LogP contribution >= 0.6 is 15.9 Å². The van der Waals surface area contributed by atoms with Gasteiger partial charge >= 0.3 is 5.97 Å². The first kappa shape index (κ1) is 16.0. The van der Waals surface area contributed by atoms with E-state index in [0.29, 0.717) is 13.0 Å². The second kappa shape index (κ2) is 7.55. The molecular formula is C13H20BrN3O2. The molecule has 0 aliphatic carbocycles. The van der Waals surface area contributed by atoms with Gasteiger partial charge in [-0.3, -0.25) is 4.79 Å². The minimum absolute atomic E-state index is 0.158. The molecule has 0 saturated carbocycles. The van der Waals surface area contributed by atoms with Crippen LogP contribution in [0.1, 0.15) is 39.4 Å². The largest absolute Gasteiger partial charge is 0.460 e. The predicted octanol–water partition coefficient (Wildman–Crippen LogP) is 2.45. The first-order chi connectivity index (χ1) is 8.87. The molecular weight excluding hydrogens is 310 g/mol. The van der Waals surface area contributed by atoms with Crippen LogP contribution in [-0.2, 0) is 16.1 Å². The van der Waals surface area contributed by atoms with Gasteiger partial charge in [-0.25, -0.2) is 9.97 Å². The van der Waals surface area contributed by atoms with Crippen LogP contribution in [0.2, 0.25) is 0 Å². The molecule has 0 amide bonds. The van der Waals surface area contributed by atoms with Crippen LogP contribution < -0.4 is 5.32 Å². The predicted molar refractivity (Wildman–Crippen MR) is 76.5 cm³/mol. The van der Waals surface area contributed by atoms with Gasteiger partial charge in [0, 0.05) is 18.8 Å². The molecule has 0 fully saturated rings. The highest BCUT2D eigenvalue weighted by Crippen LogP contribution is 2.08. The van der Waals surface area contributed by atoms with Crippen molar-refractivity contribution in [3.63, 3.8) is 0 Å². The van der Waals surface area contributed by atoms with E-state index in [1.54, 1.807) is 12.4 Å². The first-order valence-corrected chi connectivity index (χ1v) is 7.05. The molecule has 0 aliphatic heterocycles. The van der Waals surface area contributed by atoms with Gasteiger partial charge in [-0.2, -0.15) is 0 Å². The summed E-state index contributed by atoms with van der Waals surface area (Å²) in [5, 5.41) is 3.19. The summed E-state index contributed by atoms with van der Waals surface area (Å²) < 4.78 is 6.08. The van der Waals surface area contributed by atoms with Gasteiger partial charge in [0.15, 0.2) is 0 Å². The van der Waals surface area contributed by atoms with Crippen LogP contribution in [0.4, 0.5) is 0 Å². The number of nitrogens with zero attached hydrogens (tertiary/aromatic N) is 2. The lowest BCUT2D eigenvalue weighted by molar-refractivity contribution is -0.154. The Morgan fingerprint density at radius 2 is 2.00 bits per heavy atom. The summed E-state index contributed by atoms with van der Waals surface area (Å²) in [5.74, 6) is 0.578. The van der Waals surface area contributed by atoms with Crippen LogP contribution in [0.3, 0.4) is 0 Å². The fourth-order valence-corrected chi connectivity index (χ4v) is 1.59. The third-order valence-corrected chi connectivity index (χ3v) is 2.52. The molecule has 106 valence electrons. The van der Waals surface area contributed by atoms with Crippen molar-refractivity contribution in [3.05, 3.63) is 22.7 Å². The van der Waals surface area contributed by atoms with Crippen molar-refractivity contribution < 1.29 is 9.53 Å². The number of carbonyl (C=O) groups excluding carboxylic acids is 1. The molecule has 19 heavy (non-hydrogen) atoms. The average molecular weight is 330 g/mol. The van der Waals surface area contributed by atoms with Crippen LogP contribution in [0.5, 0.6) is 0 Å². The first-order valence-electron chi connectivity index (χ1n) is 6.26. The normalized spacial score (nSPS) is 11.4. The number of carbonyl (C=O) groups is 1. The van der Waals surface area contributed by atoms with Gasteiger partial charge in [-0.1, -0.05) is 0 Å². The van der Waals surface area contributed by atoms with Gasteiger partial charge in [-0.05, 0) is 49.7 Å². The van der Waals surface area contributed by atoms with Crippen LogP contribution in [0, 0.1) is 0 Å². The maximum atomic E-state index is 11.4. The minimum Gasteiger partial charge on any atom is -0.460 e. The summed E-state index contributed by atoms with van der Waals surface area (Å²) in [4.78, 5) is 19.7. The summed E-state index contributed by atoms with van der Waals surface area (Å²) in [7, 11) is 0. The molecule has 1 rings (SSSR count). The number of rotatable bonds is 6. The molecule has 6 heteroatoms. The van der Waals surface area contributed by atoms with Crippen LogP contribution in [-0.4, -0.2) is 28.1 Å². The topological polar surface area (TPSA) is 64.1 Å². The van der Waals surface area contributed by atoms with E-state index in [-0.39, 0.29) is 5.97 Å². The summed E-state index contributed by atoms with van der Waals surface area (Å²) in [6, 6.07) is 0. The van der Waals surface area contributed by atoms with Crippen molar-refractivity contribution in [2.24, 2.45) is 0 Å². The zero-order chi connectivity index (χ0) is 14.3. The maximum Gasteiger partial charge on any atom is 0.306 e. The number of ether oxygens (including phenoxy) is 1. The van der Waals surface area contributed by atoms with Gasteiger partial charge in [0.2, 0.25) is 0 Å². The molecule has 0 unspecified atom stereocenters.